The van der Waals surface area contributed by atoms with Crippen LogP contribution in [0.1, 0.15) is 15.9 Å². The number of benzene rings is 1. The van der Waals surface area contributed by atoms with Gasteiger partial charge in [0.15, 0.2) is 11.4 Å². The van der Waals surface area contributed by atoms with Crippen LogP contribution >= 0.6 is 0 Å². The number of carbonyl (C=O) groups is 1. The smallest absolute Gasteiger partial charge is 0.420 e. The number of halogens is 3. The molecule has 2 N–H and O–H groups in total. The van der Waals surface area contributed by atoms with E-state index >= 15 is 0 Å². The van der Waals surface area contributed by atoms with Crippen LogP contribution in [-0.2, 0) is 6.18 Å². The highest BCUT2D eigenvalue weighted by molar-refractivity contribution is 5.94. The fraction of sp³-hybridized carbons (Fsp3) is 0.222. The number of ether oxygens (including phenoxy) is 1. The SMILES string of the molecule is COc1c(N=O)cc(C(N)=O)cc1C(F)(F)F. The Morgan fingerprint density at radius 2 is 2.00 bits per heavy atom. The molecule has 0 unspecified atom stereocenters. The summed E-state index contributed by atoms with van der Waals surface area (Å²) in [7, 11) is 0.962. The number of nitroso groups, excluding NO2 is 1. The Morgan fingerprint density at radius 1 is 1.41 bits per heavy atom. The molecule has 0 radical (unpaired) electrons. The lowest BCUT2D eigenvalue weighted by atomic mass is 10.1. The lowest BCUT2D eigenvalue weighted by Crippen LogP contribution is -2.14. The second-order valence-electron chi connectivity index (χ2n) is 3.03. The lowest BCUT2D eigenvalue weighted by molar-refractivity contribution is -0.138. The first kappa shape index (κ1) is 12.9. The Morgan fingerprint density at radius 3 is 2.35 bits per heavy atom. The molecule has 0 heterocycles. The highest BCUT2D eigenvalue weighted by Gasteiger charge is 2.36. The van der Waals surface area contributed by atoms with Crippen molar-refractivity contribution in [3.8, 4) is 5.75 Å². The average molecular weight is 248 g/mol. The van der Waals surface area contributed by atoms with E-state index in [9.17, 15) is 22.9 Å². The zero-order valence-electron chi connectivity index (χ0n) is 8.54. The maximum atomic E-state index is 12.6. The molecule has 1 aromatic rings. The second-order valence-corrected chi connectivity index (χ2v) is 3.03. The molecule has 0 aliphatic heterocycles. The summed E-state index contributed by atoms with van der Waals surface area (Å²) < 4.78 is 42.3. The molecule has 0 saturated heterocycles. The van der Waals surface area contributed by atoms with Gasteiger partial charge in [-0.3, -0.25) is 4.79 Å². The van der Waals surface area contributed by atoms with Crippen molar-refractivity contribution < 1.29 is 22.7 Å². The van der Waals surface area contributed by atoms with Crippen LogP contribution in [0.5, 0.6) is 5.75 Å². The molecule has 1 rings (SSSR count). The molecule has 0 aliphatic carbocycles. The van der Waals surface area contributed by atoms with E-state index < -0.39 is 34.6 Å². The molecule has 0 fully saturated rings. The number of amides is 1. The van der Waals surface area contributed by atoms with E-state index in [4.69, 9.17) is 5.73 Å². The van der Waals surface area contributed by atoms with Crippen molar-refractivity contribution in [3.05, 3.63) is 28.2 Å². The van der Waals surface area contributed by atoms with Gasteiger partial charge in [-0.1, -0.05) is 0 Å². The fourth-order valence-electron chi connectivity index (χ4n) is 1.25. The molecular formula is C9H7F3N2O3. The van der Waals surface area contributed by atoms with Crippen molar-refractivity contribution in [1.29, 1.82) is 0 Å². The number of hydrogen-bond acceptors (Lipinski definition) is 4. The van der Waals surface area contributed by atoms with Gasteiger partial charge in [-0.25, -0.2) is 0 Å². The number of methoxy groups -OCH3 is 1. The average Bonchev–Trinajstić information content (AvgIpc) is 2.25. The van der Waals surface area contributed by atoms with Crippen LogP contribution in [-0.4, -0.2) is 13.0 Å². The standard InChI is InChI=1S/C9H7F3N2O3/c1-17-7-5(9(10,11)12)2-4(8(13)15)3-6(7)14-16/h2-3H,1H3,(H2,13,15). The first-order valence-corrected chi connectivity index (χ1v) is 4.23. The van der Waals surface area contributed by atoms with E-state index in [-0.39, 0.29) is 0 Å². The Bertz CT molecular complexity index is 471. The Hall–Kier alpha value is -2.12. The van der Waals surface area contributed by atoms with Gasteiger partial charge >= 0.3 is 6.18 Å². The third-order valence-electron chi connectivity index (χ3n) is 1.96. The number of primary amides is 1. The number of rotatable bonds is 3. The minimum atomic E-state index is -4.78. The summed E-state index contributed by atoms with van der Waals surface area (Å²) >= 11 is 0. The van der Waals surface area contributed by atoms with Crippen LogP contribution in [0.25, 0.3) is 0 Å². The summed E-state index contributed by atoms with van der Waals surface area (Å²) in [5, 5.41) is 2.38. The summed E-state index contributed by atoms with van der Waals surface area (Å²) in [5.41, 5.74) is 2.48. The lowest BCUT2D eigenvalue weighted by Gasteiger charge is -2.13. The third kappa shape index (κ3) is 2.52. The molecule has 1 aromatic carbocycles. The second kappa shape index (κ2) is 4.40. The van der Waals surface area contributed by atoms with Gasteiger partial charge in [0.05, 0.1) is 7.11 Å². The summed E-state index contributed by atoms with van der Waals surface area (Å²) in [6.07, 6.45) is -4.78. The minimum Gasteiger partial charge on any atom is -0.494 e. The van der Waals surface area contributed by atoms with Crippen molar-refractivity contribution >= 4 is 11.6 Å². The molecule has 0 bridgehead atoms. The van der Waals surface area contributed by atoms with Gasteiger partial charge in [0, 0.05) is 5.56 Å². The molecule has 92 valence electrons. The molecule has 8 heteroatoms. The molecule has 0 saturated carbocycles. The van der Waals surface area contributed by atoms with E-state index in [0.717, 1.165) is 13.2 Å². The van der Waals surface area contributed by atoms with Gasteiger partial charge in [-0.15, -0.1) is 4.91 Å². The van der Waals surface area contributed by atoms with Crippen molar-refractivity contribution in [3.63, 3.8) is 0 Å². The number of nitrogens with two attached hydrogens (primary N) is 1. The number of nitrogens with zero attached hydrogens (tertiary/aromatic N) is 1. The highest BCUT2D eigenvalue weighted by atomic mass is 19.4. The van der Waals surface area contributed by atoms with E-state index in [1.54, 1.807) is 0 Å². The van der Waals surface area contributed by atoms with E-state index in [1.807, 2.05) is 0 Å². The predicted octanol–water partition coefficient (Wildman–Crippen LogP) is 2.21. The monoisotopic (exact) mass is 248 g/mol. The molecule has 0 atom stereocenters. The van der Waals surface area contributed by atoms with Gasteiger partial charge in [0.25, 0.3) is 0 Å². The largest absolute Gasteiger partial charge is 0.494 e. The molecule has 1 amide bonds. The van der Waals surface area contributed by atoms with E-state index in [1.165, 1.54) is 0 Å². The summed E-state index contributed by atoms with van der Waals surface area (Å²) in [4.78, 5) is 21.2. The van der Waals surface area contributed by atoms with Crippen LogP contribution in [0.15, 0.2) is 17.3 Å². The summed E-state index contributed by atoms with van der Waals surface area (Å²) in [5.74, 6) is -1.83. The normalized spacial score (nSPS) is 11.1. The van der Waals surface area contributed by atoms with E-state index in [0.29, 0.717) is 6.07 Å². The quantitative estimate of drug-likeness (QED) is 0.832. The first-order valence-electron chi connectivity index (χ1n) is 4.23. The maximum Gasteiger partial charge on any atom is 0.420 e. The van der Waals surface area contributed by atoms with E-state index in [2.05, 4.69) is 9.91 Å². The molecule has 5 nitrogen and oxygen atoms in total. The number of alkyl halides is 3. The number of hydrogen-bond donors (Lipinski definition) is 1. The van der Waals surface area contributed by atoms with Crippen LogP contribution in [0.2, 0.25) is 0 Å². The zero-order chi connectivity index (χ0) is 13.2. The van der Waals surface area contributed by atoms with Crippen molar-refractivity contribution in [1.82, 2.24) is 0 Å². The molecule has 17 heavy (non-hydrogen) atoms. The predicted molar refractivity (Wildman–Crippen MR) is 52.0 cm³/mol. The van der Waals surface area contributed by atoms with Crippen LogP contribution < -0.4 is 10.5 Å². The van der Waals surface area contributed by atoms with Crippen molar-refractivity contribution in [2.45, 2.75) is 6.18 Å². The van der Waals surface area contributed by atoms with Gasteiger partial charge in [0.1, 0.15) is 5.56 Å². The van der Waals surface area contributed by atoms with Crippen molar-refractivity contribution in [2.24, 2.45) is 10.9 Å². The summed E-state index contributed by atoms with van der Waals surface area (Å²) in [6.45, 7) is 0. The molecular weight excluding hydrogens is 241 g/mol. The maximum absolute atomic E-state index is 12.6. The van der Waals surface area contributed by atoms with Crippen LogP contribution in [0.3, 0.4) is 0 Å². The minimum absolute atomic E-state index is 0.465. The number of carbonyl (C=O) groups excluding carboxylic acids is 1. The van der Waals surface area contributed by atoms with Gasteiger partial charge in [-0.05, 0) is 17.3 Å². The molecule has 0 spiro atoms. The molecule has 0 aliphatic rings. The Balaban J connectivity index is 3.59. The van der Waals surface area contributed by atoms with Gasteiger partial charge < -0.3 is 10.5 Å². The van der Waals surface area contributed by atoms with Crippen LogP contribution in [0, 0.1) is 4.91 Å². The summed E-state index contributed by atoms with van der Waals surface area (Å²) in [6, 6.07) is 1.35. The topological polar surface area (TPSA) is 81.8 Å². The van der Waals surface area contributed by atoms with Gasteiger partial charge in [-0.2, -0.15) is 13.2 Å². The third-order valence-corrected chi connectivity index (χ3v) is 1.96. The van der Waals surface area contributed by atoms with Gasteiger partial charge in [0.2, 0.25) is 5.91 Å². The zero-order valence-corrected chi connectivity index (χ0v) is 8.54. The van der Waals surface area contributed by atoms with Crippen molar-refractivity contribution in [2.75, 3.05) is 7.11 Å². The Labute approximate surface area is 93.3 Å². The van der Waals surface area contributed by atoms with Crippen LogP contribution in [0.4, 0.5) is 18.9 Å². The first-order chi connectivity index (χ1) is 7.81. The highest BCUT2D eigenvalue weighted by Crippen LogP contribution is 2.42. The fourth-order valence-corrected chi connectivity index (χ4v) is 1.25. The Kier molecular flexibility index (Phi) is 3.35. The molecule has 0 aromatic heterocycles.